The Morgan fingerprint density at radius 3 is 2.33 bits per heavy atom. The summed E-state index contributed by atoms with van der Waals surface area (Å²) >= 11 is 0. The van der Waals surface area contributed by atoms with Crippen molar-refractivity contribution in [3.05, 3.63) is 83.0 Å². The summed E-state index contributed by atoms with van der Waals surface area (Å²) < 4.78 is 38.2. The fraction of sp³-hybridized carbons (Fsp3) is 0. The van der Waals surface area contributed by atoms with Crippen LogP contribution in [0, 0.1) is 17.1 Å². The zero-order valence-electron chi connectivity index (χ0n) is 12.5. The van der Waals surface area contributed by atoms with Gasteiger partial charge in [0.05, 0.1) is 4.90 Å². The number of nitrogens with zero attached hydrogens (tertiary/aromatic N) is 1. The average molecular weight is 337 g/mol. The normalized spacial score (nSPS) is 12.1. The highest BCUT2D eigenvalue weighted by atomic mass is 32.2. The molecule has 24 heavy (non-hydrogen) atoms. The van der Waals surface area contributed by atoms with Gasteiger partial charge in [-0.05, 0) is 46.7 Å². The summed E-state index contributed by atoms with van der Waals surface area (Å²) in [5, 5.41) is 11.1. The largest absolute Gasteiger partial charge is 0.218 e. The van der Waals surface area contributed by atoms with E-state index in [9.17, 15) is 18.1 Å². The van der Waals surface area contributed by atoms with Crippen LogP contribution < -0.4 is 0 Å². The number of hydrogen-bond acceptors (Lipinski definition) is 3. The molecular formula is C19H12FNO2S. The molecular weight excluding hydrogens is 325 g/mol. The number of allylic oxidation sites excluding steroid dienone is 1. The number of rotatable bonds is 3. The van der Waals surface area contributed by atoms with Gasteiger partial charge in [-0.3, -0.25) is 0 Å². The molecule has 0 aliphatic carbocycles. The lowest BCUT2D eigenvalue weighted by Crippen LogP contribution is -2.03. The van der Waals surface area contributed by atoms with Crippen molar-refractivity contribution in [2.45, 2.75) is 4.90 Å². The van der Waals surface area contributed by atoms with Gasteiger partial charge in [-0.25, -0.2) is 12.8 Å². The highest BCUT2D eigenvalue weighted by Gasteiger charge is 2.21. The third-order valence-electron chi connectivity index (χ3n) is 3.63. The summed E-state index contributed by atoms with van der Waals surface area (Å²) in [4.78, 5) is -0.498. The molecule has 3 nitrogen and oxygen atoms in total. The van der Waals surface area contributed by atoms with Gasteiger partial charge in [-0.1, -0.05) is 42.5 Å². The van der Waals surface area contributed by atoms with E-state index in [2.05, 4.69) is 0 Å². The Morgan fingerprint density at radius 2 is 1.62 bits per heavy atom. The molecule has 118 valence electrons. The molecule has 0 N–H and O–H groups in total. The van der Waals surface area contributed by atoms with Gasteiger partial charge < -0.3 is 0 Å². The van der Waals surface area contributed by atoms with E-state index in [1.807, 2.05) is 30.3 Å². The van der Waals surface area contributed by atoms with Gasteiger partial charge in [-0.15, -0.1) is 0 Å². The van der Waals surface area contributed by atoms with Gasteiger partial charge in [0.2, 0.25) is 9.84 Å². The van der Waals surface area contributed by atoms with Crippen LogP contribution >= 0.6 is 0 Å². The number of nitriles is 1. The molecule has 0 saturated heterocycles. The highest BCUT2D eigenvalue weighted by molar-refractivity contribution is 7.95. The zero-order chi connectivity index (χ0) is 17.2. The van der Waals surface area contributed by atoms with E-state index in [0.29, 0.717) is 5.56 Å². The molecule has 0 aromatic heterocycles. The number of fused-ring (bicyclic) bond motifs is 1. The van der Waals surface area contributed by atoms with E-state index < -0.39 is 15.7 Å². The topological polar surface area (TPSA) is 57.9 Å². The van der Waals surface area contributed by atoms with Crippen molar-refractivity contribution in [1.29, 1.82) is 5.26 Å². The van der Waals surface area contributed by atoms with Gasteiger partial charge in [0.1, 0.15) is 16.8 Å². The van der Waals surface area contributed by atoms with Gasteiger partial charge in [0, 0.05) is 0 Å². The first-order chi connectivity index (χ1) is 11.5. The second-order valence-electron chi connectivity index (χ2n) is 5.15. The van der Waals surface area contributed by atoms with E-state index >= 15 is 0 Å². The predicted octanol–water partition coefficient (Wildman–Crippen LogP) is 4.32. The third-order valence-corrected chi connectivity index (χ3v) is 5.31. The van der Waals surface area contributed by atoms with Crippen LogP contribution in [0.5, 0.6) is 0 Å². The molecule has 0 saturated carbocycles. The fourth-order valence-electron chi connectivity index (χ4n) is 2.43. The van der Waals surface area contributed by atoms with Gasteiger partial charge in [0.25, 0.3) is 0 Å². The van der Waals surface area contributed by atoms with E-state index in [4.69, 9.17) is 0 Å². The Hall–Kier alpha value is -2.97. The Kier molecular flexibility index (Phi) is 4.15. The van der Waals surface area contributed by atoms with Crippen molar-refractivity contribution in [2.75, 3.05) is 0 Å². The van der Waals surface area contributed by atoms with Crippen LogP contribution in [0.15, 0.2) is 76.5 Å². The van der Waals surface area contributed by atoms with Gasteiger partial charge >= 0.3 is 0 Å². The molecule has 0 radical (unpaired) electrons. The molecule has 3 rings (SSSR count). The fourth-order valence-corrected chi connectivity index (χ4v) is 3.58. The van der Waals surface area contributed by atoms with Gasteiger partial charge in [-0.2, -0.15) is 5.26 Å². The molecule has 0 unspecified atom stereocenters. The minimum atomic E-state index is -4.00. The summed E-state index contributed by atoms with van der Waals surface area (Å²) in [6.45, 7) is 0. The van der Waals surface area contributed by atoms with Crippen LogP contribution in [0.4, 0.5) is 4.39 Å². The summed E-state index contributed by atoms with van der Waals surface area (Å²) in [7, 11) is -4.00. The van der Waals surface area contributed by atoms with Gasteiger partial charge in [0.15, 0.2) is 0 Å². The Bertz CT molecular complexity index is 1070. The third kappa shape index (κ3) is 2.92. The van der Waals surface area contributed by atoms with Crippen molar-refractivity contribution < 1.29 is 12.8 Å². The van der Waals surface area contributed by atoms with Crippen molar-refractivity contribution >= 4 is 26.7 Å². The van der Waals surface area contributed by atoms with Crippen LogP contribution in [-0.2, 0) is 9.84 Å². The minimum absolute atomic E-state index is 0.114. The molecule has 0 aliphatic rings. The van der Waals surface area contributed by atoms with Crippen molar-refractivity contribution in [2.24, 2.45) is 0 Å². The molecule has 0 bridgehead atoms. The quantitative estimate of drug-likeness (QED) is 0.528. The molecule has 0 fully saturated rings. The van der Waals surface area contributed by atoms with E-state index in [1.165, 1.54) is 6.08 Å². The predicted molar refractivity (Wildman–Crippen MR) is 91.1 cm³/mol. The summed E-state index contributed by atoms with van der Waals surface area (Å²) in [6, 6.07) is 19.1. The van der Waals surface area contributed by atoms with Crippen molar-refractivity contribution in [3.8, 4) is 6.07 Å². The van der Waals surface area contributed by atoms with Crippen LogP contribution in [-0.4, -0.2) is 8.42 Å². The first-order valence-corrected chi connectivity index (χ1v) is 8.61. The molecule has 5 heteroatoms. The number of benzene rings is 3. The minimum Gasteiger partial charge on any atom is -0.218 e. The Morgan fingerprint density at radius 1 is 0.958 bits per heavy atom. The molecule has 3 aromatic carbocycles. The van der Waals surface area contributed by atoms with E-state index in [1.54, 1.807) is 18.2 Å². The molecule has 0 amide bonds. The second-order valence-corrected chi connectivity index (χ2v) is 7.06. The van der Waals surface area contributed by atoms with Crippen LogP contribution in [0.3, 0.4) is 0 Å². The highest BCUT2D eigenvalue weighted by Crippen LogP contribution is 2.25. The first kappa shape index (κ1) is 15.9. The number of halogens is 1. The maximum absolute atomic E-state index is 13.0. The van der Waals surface area contributed by atoms with Crippen molar-refractivity contribution in [3.63, 3.8) is 0 Å². The van der Waals surface area contributed by atoms with E-state index in [0.717, 1.165) is 35.0 Å². The Labute approximate surface area is 139 Å². The summed E-state index contributed by atoms with van der Waals surface area (Å²) in [5.74, 6) is -0.537. The lowest BCUT2D eigenvalue weighted by Gasteiger charge is -2.05. The zero-order valence-corrected chi connectivity index (χ0v) is 13.3. The van der Waals surface area contributed by atoms with Crippen LogP contribution in [0.25, 0.3) is 16.8 Å². The molecule has 0 heterocycles. The molecule has 0 atom stereocenters. The average Bonchev–Trinajstić information content (AvgIpc) is 2.60. The SMILES string of the molecule is N#C/C(=C\c1cccc2ccccc12)S(=O)(=O)c1ccc(F)cc1. The smallest absolute Gasteiger partial charge is 0.216 e. The summed E-state index contributed by atoms with van der Waals surface area (Å²) in [6.07, 6.45) is 1.35. The molecule has 3 aromatic rings. The number of hydrogen-bond donors (Lipinski definition) is 0. The maximum Gasteiger partial charge on any atom is 0.216 e. The summed E-state index contributed by atoms with van der Waals surface area (Å²) in [5.41, 5.74) is 0.635. The molecule has 0 spiro atoms. The second kappa shape index (κ2) is 6.26. The lowest BCUT2D eigenvalue weighted by molar-refractivity contribution is 0.601. The monoisotopic (exact) mass is 337 g/mol. The Balaban J connectivity index is 2.16. The van der Waals surface area contributed by atoms with Crippen molar-refractivity contribution in [1.82, 2.24) is 0 Å². The van der Waals surface area contributed by atoms with Crippen LogP contribution in [0.1, 0.15) is 5.56 Å². The lowest BCUT2D eigenvalue weighted by atomic mass is 10.0. The van der Waals surface area contributed by atoms with E-state index in [-0.39, 0.29) is 9.80 Å². The molecule has 0 aliphatic heterocycles. The van der Waals surface area contributed by atoms with Crippen LogP contribution in [0.2, 0.25) is 0 Å². The number of sulfone groups is 1. The maximum atomic E-state index is 13.0. The standard InChI is InChI=1S/C19H12FNO2S/c20-16-8-10-17(11-9-16)24(22,23)18(13-21)12-15-6-3-5-14-4-1-2-7-19(14)15/h1-12H/b18-12+. The first-order valence-electron chi connectivity index (χ1n) is 7.12.